The van der Waals surface area contributed by atoms with Crippen molar-refractivity contribution < 1.29 is 18.7 Å². The van der Waals surface area contributed by atoms with Gasteiger partial charge in [-0.25, -0.2) is 14.4 Å². The summed E-state index contributed by atoms with van der Waals surface area (Å²) in [5.74, 6) is 0.347. The van der Waals surface area contributed by atoms with Crippen molar-refractivity contribution in [2.75, 3.05) is 30.3 Å². The highest BCUT2D eigenvalue weighted by molar-refractivity contribution is 6.31. The lowest BCUT2D eigenvalue weighted by Crippen LogP contribution is -2.42. The first kappa shape index (κ1) is 26.0. The number of likely N-dealkylation sites (tertiary alicyclic amines) is 1. The normalized spacial score (nSPS) is 21.6. The fraction of sp³-hybridized carbons (Fsp3) is 0.414. The van der Waals surface area contributed by atoms with Crippen molar-refractivity contribution in [3.63, 3.8) is 0 Å². The van der Waals surface area contributed by atoms with Crippen LogP contribution in [0.1, 0.15) is 38.5 Å². The van der Waals surface area contributed by atoms with Crippen LogP contribution >= 0.6 is 11.6 Å². The molecular weight excluding hydrogens is 521 g/mol. The standard InChI is InChI=1S/C29H31ClFN5O3/c30-23-12-18(7-10-24(23)31)34-29-22-13-26(27(14-25(22)32-17-33-29)39-19-4-1-2-5-19)35-28(37)6-3-11-36-15-20-8-9-21(16-36)38-20/h3,6-7,10,12-14,17,19-21H,1-2,4-5,8-9,11,15-16H2,(H,35,37)(H,32,33,34)/b6-3+. The van der Waals surface area contributed by atoms with E-state index in [4.69, 9.17) is 21.1 Å². The van der Waals surface area contributed by atoms with Gasteiger partial charge in [0, 0.05) is 42.9 Å². The van der Waals surface area contributed by atoms with E-state index in [0.29, 0.717) is 52.6 Å². The molecule has 3 aliphatic rings. The molecule has 3 fully saturated rings. The molecule has 39 heavy (non-hydrogen) atoms. The molecule has 2 aliphatic heterocycles. The minimum absolute atomic E-state index is 0.00934. The van der Waals surface area contributed by atoms with Crippen LogP contribution in [0.3, 0.4) is 0 Å². The molecule has 2 N–H and O–H groups in total. The number of amides is 1. The first-order valence-electron chi connectivity index (χ1n) is 13.5. The molecule has 10 heteroatoms. The van der Waals surface area contributed by atoms with Crippen LogP contribution in [-0.2, 0) is 9.53 Å². The van der Waals surface area contributed by atoms with Crippen molar-refractivity contribution in [1.82, 2.24) is 14.9 Å². The summed E-state index contributed by atoms with van der Waals surface area (Å²) in [6, 6.07) is 8.02. The maximum Gasteiger partial charge on any atom is 0.248 e. The van der Waals surface area contributed by atoms with Crippen LogP contribution in [0.25, 0.3) is 10.9 Å². The maximum absolute atomic E-state index is 13.7. The van der Waals surface area contributed by atoms with Crippen LogP contribution in [0.5, 0.6) is 5.75 Å². The highest BCUT2D eigenvalue weighted by Crippen LogP contribution is 2.36. The van der Waals surface area contributed by atoms with Gasteiger partial charge in [0.15, 0.2) is 0 Å². The summed E-state index contributed by atoms with van der Waals surface area (Å²) in [4.78, 5) is 24.1. The summed E-state index contributed by atoms with van der Waals surface area (Å²) in [5.41, 5.74) is 1.78. The molecule has 0 spiro atoms. The number of carbonyl (C=O) groups excluding carboxylic acids is 1. The Morgan fingerprint density at radius 1 is 1.13 bits per heavy atom. The van der Waals surface area contributed by atoms with Crippen LogP contribution in [-0.4, -0.2) is 58.7 Å². The Balaban J connectivity index is 1.23. The molecule has 3 aromatic rings. The van der Waals surface area contributed by atoms with Gasteiger partial charge in [-0.2, -0.15) is 0 Å². The van der Waals surface area contributed by atoms with Crippen molar-refractivity contribution in [1.29, 1.82) is 0 Å². The smallest absolute Gasteiger partial charge is 0.248 e. The molecular formula is C29H31ClFN5O3. The quantitative estimate of drug-likeness (QED) is 0.340. The van der Waals surface area contributed by atoms with Gasteiger partial charge in [-0.15, -0.1) is 0 Å². The lowest BCUT2D eigenvalue weighted by molar-refractivity contribution is -0.111. The first-order valence-corrected chi connectivity index (χ1v) is 13.9. The van der Waals surface area contributed by atoms with Gasteiger partial charge >= 0.3 is 0 Å². The number of hydrogen-bond donors (Lipinski definition) is 2. The minimum Gasteiger partial charge on any atom is -0.488 e. The number of morpholine rings is 1. The summed E-state index contributed by atoms with van der Waals surface area (Å²) in [6.45, 7) is 2.51. The predicted octanol–water partition coefficient (Wildman–Crippen LogP) is 5.85. The SMILES string of the molecule is O=C(/C=C/CN1CC2CCC(C1)O2)Nc1cc2c(Nc3ccc(F)c(Cl)c3)ncnc2cc1OC1CCCC1. The monoisotopic (exact) mass is 551 g/mol. The molecule has 2 unspecified atom stereocenters. The molecule has 1 saturated carbocycles. The largest absolute Gasteiger partial charge is 0.488 e. The molecule has 2 aromatic carbocycles. The molecule has 1 aliphatic carbocycles. The van der Waals surface area contributed by atoms with E-state index >= 15 is 0 Å². The Hall–Kier alpha value is -3.27. The molecule has 1 aromatic heterocycles. The first-order chi connectivity index (χ1) is 19.0. The summed E-state index contributed by atoms with van der Waals surface area (Å²) < 4.78 is 25.9. The number of ether oxygens (including phenoxy) is 2. The van der Waals surface area contributed by atoms with Crippen LogP contribution in [0.15, 0.2) is 48.8 Å². The Labute approximate surface area is 231 Å². The number of halogens is 2. The number of aromatic nitrogens is 2. The molecule has 6 rings (SSSR count). The molecule has 3 heterocycles. The molecule has 2 saturated heterocycles. The zero-order valence-corrected chi connectivity index (χ0v) is 22.3. The third-order valence-corrected chi connectivity index (χ3v) is 7.81. The van der Waals surface area contributed by atoms with Gasteiger partial charge < -0.3 is 20.1 Å². The van der Waals surface area contributed by atoms with Crippen molar-refractivity contribution in [2.24, 2.45) is 0 Å². The van der Waals surface area contributed by atoms with E-state index in [1.807, 2.05) is 18.2 Å². The van der Waals surface area contributed by atoms with Gasteiger partial charge in [-0.3, -0.25) is 9.69 Å². The van der Waals surface area contributed by atoms with E-state index in [-0.39, 0.29) is 17.0 Å². The fourth-order valence-corrected chi connectivity index (χ4v) is 5.79. The molecule has 1 amide bonds. The Kier molecular flexibility index (Phi) is 7.63. The Morgan fingerprint density at radius 2 is 1.92 bits per heavy atom. The zero-order chi connectivity index (χ0) is 26.8. The van der Waals surface area contributed by atoms with Crippen molar-refractivity contribution in [2.45, 2.75) is 56.8 Å². The zero-order valence-electron chi connectivity index (χ0n) is 21.5. The lowest BCUT2D eigenvalue weighted by Gasteiger charge is -2.31. The number of fused-ring (bicyclic) bond motifs is 3. The molecule has 2 bridgehead atoms. The Morgan fingerprint density at radius 3 is 2.69 bits per heavy atom. The van der Waals surface area contributed by atoms with Crippen molar-refractivity contribution in [3.05, 3.63) is 59.7 Å². The van der Waals surface area contributed by atoms with Crippen molar-refractivity contribution in [3.8, 4) is 5.75 Å². The highest BCUT2D eigenvalue weighted by Gasteiger charge is 2.33. The van der Waals surface area contributed by atoms with Crippen molar-refractivity contribution >= 4 is 45.6 Å². The molecule has 204 valence electrons. The van der Waals surface area contributed by atoms with E-state index in [1.165, 1.54) is 18.5 Å². The number of carbonyl (C=O) groups is 1. The second-order valence-electron chi connectivity index (χ2n) is 10.4. The summed E-state index contributed by atoms with van der Waals surface area (Å²) in [5, 5.41) is 6.88. The van der Waals surface area contributed by atoms with Gasteiger partial charge in [0.2, 0.25) is 5.91 Å². The number of hydrogen-bond acceptors (Lipinski definition) is 7. The molecule has 8 nitrogen and oxygen atoms in total. The number of benzene rings is 2. The number of anilines is 3. The second-order valence-corrected chi connectivity index (χ2v) is 10.8. The summed E-state index contributed by atoms with van der Waals surface area (Å²) in [6.07, 6.45) is 12.1. The van der Waals surface area contributed by atoms with Crippen LogP contribution in [0.4, 0.5) is 21.6 Å². The lowest BCUT2D eigenvalue weighted by atomic mass is 10.1. The van der Waals surface area contributed by atoms with E-state index in [0.717, 1.165) is 51.6 Å². The van der Waals surface area contributed by atoms with Crippen LogP contribution in [0.2, 0.25) is 5.02 Å². The summed E-state index contributed by atoms with van der Waals surface area (Å²) in [7, 11) is 0. The van der Waals surface area contributed by atoms with Gasteiger partial charge in [0.25, 0.3) is 0 Å². The molecule has 2 atom stereocenters. The van der Waals surface area contributed by atoms with Gasteiger partial charge in [-0.05, 0) is 62.8 Å². The summed E-state index contributed by atoms with van der Waals surface area (Å²) >= 11 is 5.96. The number of nitrogens with zero attached hydrogens (tertiary/aromatic N) is 3. The minimum atomic E-state index is -0.498. The van der Waals surface area contributed by atoms with E-state index in [9.17, 15) is 9.18 Å². The average molecular weight is 552 g/mol. The highest BCUT2D eigenvalue weighted by atomic mass is 35.5. The van der Waals surface area contributed by atoms with Gasteiger partial charge in [-0.1, -0.05) is 17.7 Å². The van der Waals surface area contributed by atoms with Crippen LogP contribution in [0, 0.1) is 5.82 Å². The third-order valence-electron chi connectivity index (χ3n) is 7.52. The van der Waals surface area contributed by atoms with E-state index in [1.54, 1.807) is 12.1 Å². The molecule has 0 radical (unpaired) electrons. The van der Waals surface area contributed by atoms with Gasteiger partial charge in [0.05, 0.1) is 34.5 Å². The maximum atomic E-state index is 13.7. The van der Waals surface area contributed by atoms with Gasteiger partial charge in [0.1, 0.15) is 23.7 Å². The van der Waals surface area contributed by atoms with E-state index in [2.05, 4.69) is 25.5 Å². The average Bonchev–Trinajstić information content (AvgIpc) is 3.55. The number of nitrogens with one attached hydrogen (secondary N) is 2. The fourth-order valence-electron chi connectivity index (χ4n) is 5.61. The third kappa shape index (κ3) is 6.16. The topological polar surface area (TPSA) is 88.6 Å². The second kappa shape index (κ2) is 11.5. The van der Waals surface area contributed by atoms with Crippen LogP contribution < -0.4 is 15.4 Å². The Bertz CT molecular complexity index is 1380. The van der Waals surface area contributed by atoms with E-state index < -0.39 is 5.82 Å². The predicted molar refractivity (Wildman–Crippen MR) is 149 cm³/mol. The number of rotatable bonds is 8.